The summed E-state index contributed by atoms with van der Waals surface area (Å²) in [5.41, 5.74) is 6.19. The number of anilines is 2. The Morgan fingerprint density at radius 3 is 1.94 bits per heavy atom. The first kappa shape index (κ1) is 23.2. The molecule has 0 unspecified atom stereocenters. The van der Waals surface area contributed by atoms with E-state index in [-0.39, 0.29) is 5.82 Å². The maximum absolute atomic E-state index is 14.8. The maximum Gasteiger partial charge on any atom is 0.146 e. The lowest BCUT2D eigenvalue weighted by atomic mass is 9.97. The van der Waals surface area contributed by atoms with Crippen LogP contribution in [0.3, 0.4) is 0 Å². The molecule has 0 aliphatic heterocycles. The number of nitrogens with zero attached hydrogens (tertiary/aromatic N) is 1. The molecule has 0 heterocycles. The molecular weight excluding hydrogens is 403 g/mol. The number of ether oxygens (including phenoxy) is 2. The largest absolute Gasteiger partial charge is 0.496 e. The fourth-order valence-corrected chi connectivity index (χ4v) is 3.48. The van der Waals surface area contributed by atoms with E-state index >= 15 is 0 Å². The van der Waals surface area contributed by atoms with Crippen LogP contribution in [-0.2, 0) is 0 Å². The molecule has 0 spiro atoms. The summed E-state index contributed by atoms with van der Waals surface area (Å²) in [6.07, 6.45) is 2.02. The van der Waals surface area contributed by atoms with E-state index in [4.69, 9.17) is 9.47 Å². The van der Waals surface area contributed by atoms with Crippen molar-refractivity contribution in [3.05, 3.63) is 72.1 Å². The zero-order valence-corrected chi connectivity index (χ0v) is 19.6. The highest BCUT2D eigenvalue weighted by Gasteiger charge is 2.16. The topological polar surface area (TPSA) is 33.7 Å². The van der Waals surface area contributed by atoms with Gasteiger partial charge in [0, 0.05) is 37.5 Å². The van der Waals surface area contributed by atoms with Gasteiger partial charge in [0.2, 0.25) is 0 Å². The number of allylic oxidation sites excluding steroid dienone is 1. The average molecular weight is 435 g/mol. The molecular formula is C27H31FN2O2. The molecule has 168 valence electrons. The van der Waals surface area contributed by atoms with Crippen LogP contribution in [0, 0.1) is 5.82 Å². The van der Waals surface area contributed by atoms with E-state index in [1.54, 1.807) is 20.3 Å². The normalized spacial score (nSPS) is 10.5. The lowest BCUT2D eigenvalue weighted by molar-refractivity contribution is 0.406. The molecule has 0 atom stereocenters. The summed E-state index contributed by atoms with van der Waals surface area (Å²) in [6.45, 7) is 4.61. The van der Waals surface area contributed by atoms with Crippen LogP contribution in [0.1, 0.15) is 13.8 Å². The number of methoxy groups -OCH3 is 2. The van der Waals surface area contributed by atoms with Crippen molar-refractivity contribution in [2.45, 2.75) is 13.8 Å². The number of halogens is 1. The molecule has 0 aromatic heterocycles. The molecule has 0 fully saturated rings. The summed E-state index contributed by atoms with van der Waals surface area (Å²) in [7, 11) is 7.28. The molecule has 5 heteroatoms. The van der Waals surface area contributed by atoms with Crippen molar-refractivity contribution in [2.75, 3.05) is 45.1 Å². The van der Waals surface area contributed by atoms with E-state index in [2.05, 4.69) is 34.5 Å². The van der Waals surface area contributed by atoms with Gasteiger partial charge >= 0.3 is 0 Å². The quantitative estimate of drug-likeness (QED) is 0.404. The van der Waals surface area contributed by atoms with Gasteiger partial charge in [-0.05, 0) is 61.4 Å². The van der Waals surface area contributed by atoms with E-state index in [9.17, 15) is 4.39 Å². The minimum atomic E-state index is -0.311. The molecule has 0 radical (unpaired) electrons. The van der Waals surface area contributed by atoms with Gasteiger partial charge in [-0.15, -0.1) is 0 Å². The second-order valence-corrected chi connectivity index (χ2v) is 8.05. The Bertz CT molecular complexity index is 1100. The number of hydrogen-bond acceptors (Lipinski definition) is 4. The van der Waals surface area contributed by atoms with Gasteiger partial charge in [0.1, 0.15) is 17.3 Å². The second kappa shape index (κ2) is 10.2. The van der Waals surface area contributed by atoms with Gasteiger partial charge in [0.05, 0.1) is 19.9 Å². The minimum Gasteiger partial charge on any atom is -0.496 e. The molecule has 0 aliphatic rings. The predicted octanol–water partition coefficient (Wildman–Crippen LogP) is 6.62. The van der Waals surface area contributed by atoms with Gasteiger partial charge in [-0.3, -0.25) is 0 Å². The third kappa shape index (κ3) is 5.22. The number of rotatable bonds is 8. The van der Waals surface area contributed by atoms with Crippen molar-refractivity contribution in [1.82, 2.24) is 0 Å². The van der Waals surface area contributed by atoms with E-state index in [1.807, 2.05) is 52.2 Å². The number of hydrogen-bond donors (Lipinski definition) is 1. The molecule has 0 aliphatic carbocycles. The van der Waals surface area contributed by atoms with Gasteiger partial charge in [-0.25, -0.2) is 4.39 Å². The van der Waals surface area contributed by atoms with Crippen LogP contribution in [0.5, 0.6) is 11.5 Å². The summed E-state index contributed by atoms with van der Waals surface area (Å²) < 4.78 is 26.1. The Morgan fingerprint density at radius 1 is 0.875 bits per heavy atom. The molecule has 3 aromatic rings. The van der Waals surface area contributed by atoms with Crippen LogP contribution < -0.4 is 19.7 Å². The third-order valence-electron chi connectivity index (χ3n) is 5.30. The predicted molar refractivity (Wildman–Crippen MR) is 133 cm³/mol. The van der Waals surface area contributed by atoms with E-state index in [0.29, 0.717) is 23.7 Å². The van der Waals surface area contributed by atoms with Gasteiger partial charge in [-0.1, -0.05) is 29.8 Å². The summed E-state index contributed by atoms with van der Waals surface area (Å²) in [6, 6.07) is 17.2. The molecule has 0 saturated heterocycles. The first-order valence-electron chi connectivity index (χ1n) is 10.5. The maximum atomic E-state index is 14.8. The Morgan fingerprint density at radius 2 is 1.44 bits per heavy atom. The third-order valence-corrected chi connectivity index (χ3v) is 5.30. The Balaban J connectivity index is 1.99. The molecule has 0 saturated carbocycles. The highest BCUT2D eigenvalue weighted by atomic mass is 19.1. The van der Waals surface area contributed by atoms with Gasteiger partial charge in [0.15, 0.2) is 0 Å². The standard InChI is InChI=1S/C27H31FN2O2/c1-18(2)13-14-29-25-12-9-20(15-24(25)28)23-17-26(31-5)22(16-27(23)32-6)19-7-10-21(11-8-19)30(3)4/h7-13,15-17,29H,14H2,1-6H3. The summed E-state index contributed by atoms with van der Waals surface area (Å²) in [5.74, 6) is 1.04. The van der Waals surface area contributed by atoms with Crippen LogP contribution in [0.25, 0.3) is 22.3 Å². The number of benzene rings is 3. The highest BCUT2D eigenvalue weighted by molar-refractivity contribution is 5.82. The molecule has 3 aromatic carbocycles. The Labute approximate surface area is 190 Å². The SMILES string of the molecule is COc1cc(-c2ccc(NCC=C(C)C)c(F)c2)c(OC)cc1-c1ccc(N(C)C)cc1. The molecule has 4 nitrogen and oxygen atoms in total. The monoisotopic (exact) mass is 434 g/mol. The fourth-order valence-electron chi connectivity index (χ4n) is 3.48. The van der Waals surface area contributed by atoms with Crippen molar-refractivity contribution < 1.29 is 13.9 Å². The first-order chi connectivity index (χ1) is 15.3. The van der Waals surface area contributed by atoms with Gasteiger partial charge < -0.3 is 19.7 Å². The zero-order valence-electron chi connectivity index (χ0n) is 19.6. The Hall–Kier alpha value is -3.47. The van der Waals surface area contributed by atoms with Crippen molar-refractivity contribution in [3.63, 3.8) is 0 Å². The average Bonchev–Trinajstić information content (AvgIpc) is 2.79. The molecule has 0 bridgehead atoms. The lowest BCUT2D eigenvalue weighted by Crippen LogP contribution is -2.07. The van der Waals surface area contributed by atoms with Gasteiger partial charge in [0.25, 0.3) is 0 Å². The van der Waals surface area contributed by atoms with Crippen LogP contribution >= 0.6 is 0 Å². The van der Waals surface area contributed by atoms with Crippen molar-refractivity contribution in [3.8, 4) is 33.8 Å². The summed E-state index contributed by atoms with van der Waals surface area (Å²) in [5, 5.41) is 3.11. The molecule has 3 rings (SSSR count). The van der Waals surface area contributed by atoms with Crippen LogP contribution in [-0.4, -0.2) is 34.9 Å². The van der Waals surface area contributed by atoms with Crippen molar-refractivity contribution in [2.24, 2.45) is 0 Å². The first-order valence-corrected chi connectivity index (χ1v) is 10.5. The lowest BCUT2D eigenvalue weighted by Gasteiger charge is -2.17. The zero-order chi connectivity index (χ0) is 23.3. The van der Waals surface area contributed by atoms with Crippen LogP contribution in [0.15, 0.2) is 66.2 Å². The van der Waals surface area contributed by atoms with Crippen molar-refractivity contribution in [1.29, 1.82) is 0 Å². The summed E-state index contributed by atoms with van der Waals surface area (Å²) >= 11 is 0. The van der Waals surface area contributed by atoms with E-state index in [1.165, 1.54) is 11.6 Å². The summed E-state index contributed by atoms with van der Waals surface area (Å²) in [4.78, 5) is 2.05. The fraction of sp³-hybridized carbons (Fsp3) is 0.259. The molecule has 0 amide bonds. The highest BCUT2D eigenvalue weighted by Crippen LogP contribution is 2.41. The smallest absolute Gasteiger partial charge is 0.146 e. The molecule has 32 heavy (non-hydrogen) atoms. The van der Waals surface area contributed by atoms with E-state index in [0.717, 1.165) is 27.9 Å². The van der Waals surface area contributed by atoms with E-state index < -0.39 is 0 Å². The van der Waals surface area contributed by atoms with Crippen LogP contribution in [0.4, 0.5) is 15.8 Å². The van der Waals surface area contributed by atoms with Gasteiger partial charge in [-0.2, -0.15) is 0 Å². The minimum absolute atomic E-state index is 0.311. The van der Waals surface area contributed by atoms with Crippen molar-refractivity contribution >= 4 is 11.4 Å². The number of nitrogens with one attached hydrogen (secondary N) is 1. The molecule has 1 N–H and O–H groups in total. The Kier molecular flexibility index (Phi) is 7.41. The second-order valence-electron chi connectivity index (χ2n) is 8.05. The van der Waals surface area contributed by atoms with Crippen LogP contribution in [0.2, 0.25) is 0 Å².